The van der Waals surface area contributed by atoms with Crippen LogP contribution in [0.3, 0.4) is 0 Å². The summed E-state index contributed by atoms with van der Waals surface area (Å²) in [6.45, 7) is 1.95. The number of hydrogen-bond donors (Lipinski definition) is 1. The normalized spacial score (nSPS) is 17.6. The van der Waals surface area contributed by atoms with Crippen LogP contribution in [0.5, 0.6) is 0 Å². The van der Waals surface area contributed by atoms with Crippen LogP contribution in [0, 0.1) is 0 Å². The Morgan fingerprint density at radius 2 is 2.00 bits per heavy atom. The van der Waals surface area contributed by atoms with Crippen molar-refractivity contribution < 1.29 is 13.2 Å². The number of hydrogen-bond acceptors (Lipinski definition) is 3. The van der Waals surface area contributed by atoms with E-state index in [0.29, 0.717) is 0 Å². The summed E-state index contributed by atoms with van der Waals surface area (Å²) in [6, 6.07) is 3.82. The topological polar surface area (TPSA) is 63.2 Å². The largest absolute Gasteiger partial charge is 0.347 e. The minimum atomic E-state index is -3.88. The monoisotopic (exact) mass is 321 g/mol. The molecule has 1 aliphatic carbocycles. The minimum absolute atomic E-state index is 0.122. The van der Waals surface area contributed by atoms with Crippen molar-refractivity contribution in [3.8, 4) is 0 Å². The van der Waals surface area contributed by atoms with Crippen molar-refractivity contribution in [1.82, 2.24) is 5.32 Å². The molecule has 0 aromatic heterocycles. The van der Waals surface area contributed by atoms with Crippen LogP contribution in [0.1, 0.15) is 36.5 Å². The third-order valence-electron chi connectivity index (χ3n) is 3.34. The SMILES string of the molecule is CC1(NC(=O)c2cc(S(=O)(=O)Cl)ccc2Cl)CCC1. The number of carbonyl (C=O) groups excluding carboxylic acids is 1. The summed E-state index contributed by atoms with van der Waals surface area (Å²) >= 11 is 5.93. The maximum atomic E-state index is 12.1. The van der Waals surface area contributed by atoms with Crippen LogP contribution in [0.2, 0.25) is 5.02 Å². The van der Waals surface area contributed by atoms with Crippen molar-refractivity contribution >= 4 is 37.2 Å². The molecule has 2 rings (SSSR count). The maximum Gasteiger partial charge on any atom is 0.261 e. The second-order valence-electron chi connectivity index (χ2n) is 4.95. The lowest BCUT2D eigenvalue weighted by Crippen LogP contribution is -2.51. The zero-order valence-electron chi connectivity index (χ0n) is 10.2. The van der Waals surface area contributed by atoms with Gasteiger partial charge in [0, 0.05) is 16.2 Å². The average Bonchev–Trinajstić information content (AvgIpc) is 2.25. The highest BCUT2D eigenvalue weighted by atomic mass is 35.7. The second kappa shape index (κ2) is 4.96. The van der Waals surface area contributed by atoms with Crippen LogP contribution in [0.15, 0.2) is 23.1 Å². The first-order chi connectivity index (χ1) is 8.71. The summed E-state index contributed by atoms with van der Waals surface area (Å²) in [5.74, 6) is -0.380. The molecule has 19 heavy (non-hydrogen) atoms. The smallest absolute Gasteiger partial charge is 0.261 e. The molecule has 0 unspecified atom stereocenters. The van der Waals surface area contributed by atoms with Gasteiger partial charge >= 0.3 is 0 Å². The minimum Gasteiger partial charge on any atom is -0.347 e. The number of halogens is 2. The Bertz CT molecular complexity index is 624. The summed E-state index contributed by atoms with van der Waals surface area (Å²) in [7, 11) is 1.38. The Balaban J connectivity index is 2.30. The number of rotatable bonds is 3. The van der Waals surface area contributed by atoms with Gasteiger partial charge in [0.15, 0.2) is 0 Å². The Morgan fingerprint density at radius 1 is 1.37 bits per heavy atom. The van der Waals surface area contributed by atoms with E-state index in [1.807, 2.05) is 6.92 Å². The first-order valence-electron chi connectivity index (χ1n) is 5.78. The van der Waals surface area contributed by atoms with E-state index in [2.05, 4.69) is 5.32 Å². The van der Waals surface area contributed by atoms with Crippen LogP contribution in [0.4, 0.5) is 0 Å². The van der Waals surface area contributed by atoms with Crippen LogP contribution < -0.4 is 5.32 Å². The van der Waals surface area contributed by atoms with Gasteiger partial charge in [0.05, 0.1) is 15.5 Å². The van der Waals surface area contributed by atoms with Crippen LogP contribution in [-0.4, -0.2) is 19.9 Å². The highest BCUT2D eigenvalue weighted by molar-refractivity contribution is 8.13. The third-order valence-corrected chi connectivity index (χ3v) is 5.02. The van der Waals surface area contributed by atoms with Crippen LogP contribution in [0.25, 0.3) is 0 Å². The molecular formula is C12H13Cl2NO3S. The summed E-state index contributed by atoms with van der Waals surface area (Å²) in [6.07, 6.45) is 2.88. The molecule has 4 nitrogen and oxygen atoms in total. The molecule has 0 atom stereocenters. The molecule has 1 fully saturated rings. The molecular weight excluding hydrogens is 309 g/mol. The molecule has 1 saturated carbocycles. The molecule has 7 heteroatoms. The molecule has 1 N–H and O–H groups in total. The van der Waals surface area contributed by atoms with Crippen molar-refractivity contribution in [1.29, 1.82) is 0 Å². The molecule has 1 amide bonds. The van der Waals surface area contributed by atoms with Gasteiger partial charge in [-0.3, -0.25) is 4.79 Å². The molecule has 1 aromatic rings. The molecule has 0 heterocycles. The van der Waals surface area contributed by atoms with E-state index >= 15 is 0 Å². The lowest BCUT2D eigenvalue weighted by atomic mass is 9.78. The zero-order valence-corrected chi connectivity index (χ0v) is 12.6. The molecule has 0 saturated heterocycles. The molecule has 0 aliphatic heterocycles. The fourth-order valence-corrected chi connectivity index (χ4v) is 2.98. The lowest BCUT2D eigenvalue weighted by molar-refractivity contribution is 0.0850. The second-order valence-corrected chi connectivity index (χ2v) is 7.92. The fraction of sp³-hybridized carbons (Fsp3) is 0.417. The molecule has 0 spiro atoms. The predicted molar refractivity (Wildman–Crippen MR) is 74.2 cm³/mol. The molecule has 1 aromatic carbocycles. The van der Waals surface area contributed by atoms with E-state index in [9.17, 15) is 13.2 Å². The van der Waals surface area contributed by atoms with Gasteiger partial charge < -0.3 is 5.32 Å². The van der Waals surface area contributed by atoms with Gasteiger partial charge in [-0.2, -0.15) is 0 Å². The Kier molecular flexibility index (Phi) is 3.82. The van der Waals surface area contributed by atoms with E-state index < -0.39 is 9.05 Å². The summed E-state index contributed by atoms with van der Waals surface area (Å²) in [5, 5.41) is 3.07. The quantitative estimate of drug-likeness (QED) is 0.870. The fourth-order valence-electron chi connectivity index (χ4n) is 2.00. The first kappa shape index (κ1) is 14.6. The number of benzene rings is 1. The standard InChI is InChI=1S/C12H13Cl2NO3S/c1-12(5-2-6-12)15-11(16)9-7-8(19(14,17)18)3-4-10(9)13/h3-4,7H,2,5-6H2,1H3,(H,15,16). The first-order valence-corrected chi connectivity index (χ1v) is 8.47. The highest BCUT2D eigenvalue weighted by Gasteiger charge is 2.33. The maximum absolute atomic E-state index is 12.1. The van der Waals surface area contributed by atoms with Gasteiger partial charge in [0.1, 0.15) is 0 Å². The van der Waals surface area contributed by atoms with Gasteiger partial charge in [-0.1, -0.05) is 11.6 Å². The highest BCUT2D eigenvalue weighted by Crippen LogP contribution is 2.32. The summed E-state index contributed by atoms with van der Waals surface area (Å²) in [4.78, 5) is 12.0. The van der Waals surface area contributed by atoms with Gasteiger partial charge in [-0.05, 0) is 44.4 Å². The molecule has 0 bridgehead atoms. The Hall–Kier alpha value is -0.780. The van der Waals surface area contributed by atoms with Gasteiger partial charge in [0.25, 0.3) is 15.0 Å². The third kappa shape index (κ3) is 3.22. The van der Waals surface area contributed by atoms with E-state index in [1.54, 1.807) is 0 Å². The summed E-state index contributed by atoms with van der Waals surface area (Å²) in [5.41, 5.74) is -0.104. The Labute approximate surface area is 121 Å². The van der Waals surface area contributed by atoms with Crippen LogP contribution >= 0.6 is 22.3 Å². The van der Waals surface area contributed by atoms with E-state index in [1.165, 1.54) is 18.2 Å². The summed E-state index contributed by atoms with van der Waals surface area (Å²) < 4.78 is 22.5. The molecule has 1 aliphatic rings. The van der Waals surface area contributed by atoms with Gasteiger partial charge in [0.2, 0.25) is 0 Å². The van der Waals surface area contributed by atoms with Crippen LogP contribution in [-0.2, 0) is 9.05 Å². The average molecular weight is 322 g/mol. The van der Waals surface area contributed by atoms with Gasteiger partial charge in [-0.15, -0.1) is 0 Å². The van der Waals surface area contributed by atoms with E-state index in [0.717, 1.165) is 19.3 Å². The van der Waals surface area contributed by atoms with Gasteiger partial charge in [-0.25, -0.2) is 8.42 Å². The van der Waals surface area contributed by atoms with Crippen molar-refractivity contribution in [3.05, 3.63) is 28.8 Å². The van der Waals surface area contributed by atoms with Crippen molar-refractivity contribution in [2.24, 2.45) is 0 Å². The Morgan fingerprint density at radius 3 is 2.47 bits per heavy atom. The number of nitrogens with one attached hydrogen (secondary N) is 1. The predicted octanol–water partition coefficient (Wildman–Crippen LogP) is 2.94. The molecule has 104 valence electrons. The molecule has 0 radical (unpaired) electrons. The van der Waals surface area contributed by atoms with Crippen molar-refractivity contribution in [2.75, 3.05) is 0 Å². The lowest BCUT2D eigenvalue weighted by Gasteiger charge is -2.39. The van der Waals surface area contributed by atoms with E-state index in [4.69, 9.17) is 22.3 Å². The van der Waals surface area contributed by atoms with Crippen molar-refractivity contribution in [3.63, 3.8) is 0 Å². The zero-order chi connectivity index (χ0) is 14.3. The number of amides is 1. The number of carbonyl (C=O) groups is 1. The van der Waals surface area contributed by atoms with Crippen molar-refractivity contribution in [2.45, 2.75) is 36.6 Å². The van der Waals surface area contributed by atoms with E-state index in [-0.39, 0.29) is 26.9 Å².